The van der Waals surface area contributed by atoms with Crippen LogP contribution in [0.2, 0.25) is 0 Å². The van der Waals surface area contributed by atoms with Crippen molar-refractivity contribution in [2.24, 2.45) is 0 Å². The number of fused-ring (bicyclic) bond motifs is 3. The monoisotopic (exact) mass is 394 g/mol. The van der Waals surface area contributed by atoms with E-state index in [2.05, 4.69) is 15.3 Å². The number of hydrogen-bond acceptors (Lipinski definition) is 7. The Bertz CT molecular complexity index is 1060. The molecule has 3 aromatic heterocycles. The van der Waals surface area contributed by atoms with E-state index in [0.29, 0.717) is 18.0 Å². The fraction of sp³-hybridized carbons (Fsp3) is 0.429. The summed E-state index contributed by atoms with van der Waals surface area (Å²) in [5.74, 6) is 0.955. The molecule has 5 rings (SSSR count). The molecule has 0 radical (unpaired) electrons. The second kappa shape index (κ2) is 7.13. The lowest BCUT2D eigenvalue weighted by Gasteiger charge is -2.13. The summed E-state index contributed by atoms with van der Waals surface area (Å²) in [5, 5.41) is 4.64. The Hall–Kier alpha value is -2.54. The van der Waals surface area contributed by atoms with Gasteiger partial charge in [0.15, 0.2) is 0 Å². The third kappa shape index (κ3) is 3.13. The lowest BCUT2D eigenvalue weighted by Crippen LogP contribution is -2.11. The zero-order chi connectivity index (χ0) is 19.1. The van der Waals surface area contributed by atoms with Gasteiger partial charge >= 0.3 is 5.97 Å². The van der Waals surface area contributed by atoms with E-state index in [0.717, 1.165) is 47.7 Å². The van der Waals surface area contributed by atoms with Gasteiger partial charge in [0.1, 0.15) is 17.0 Å². The number of carbonyl (C=O) groups is 1. The summed E-state index contributed by atoms with van der Waals surface area (Å²) in [4.78, 5) is 28.3. The minimum Gasteiger partial charge on any atom is -0.465 e. The Morgan fingerprint density at radius 2 is 2.11 bits per heavy atom. The van der Waals surface area contributed by atoms with Crippen LogP contribution >= 0.6 is 11.3 Å². The maximum absolute atomic E-state index is 12.0. The molecule has 1 N–H and O–H groups in total. The highest BCUT2D eigenvalue weighted by molar-refractivity contribution is 7.19. The molecule has 0 aromatic carbocycles. The first-order valence-corrected chi connectivity index (χ1v) is 10.6. The molecule has 0 bridgehead atoms. The molecule has 0 unspecified atom stereocenters. The number of nitrogens with zero attached hydrogens (tertiary/aromatic N) is 3. The van der Waals surface area contributed by atoms with Crippen molar-refractivity contribution in [1.29, 1.82) is 0 Å². The summed E-state index contributed by atoms with van der Waals surface area (Å²) in [6.45, 7) is 0.567. The van der Waals surface area contributed by atoms with Crippen molar-refractivity contribution in [3.63, 3.8) is 0 Å². The van der Waals surface area contributed by atoms with Crippen molar-refractivity contribution in [1.82, 2.24) is 15.0 Å². The molecule has 0 aliphatic heterocycles. The Morgan fingerprint density at radius 1 is 1.25 bits per heavy atom. The minimum atomic E-state index is -0.309. The van der Waals surface area contributed by atoms with Crippen molar-refractivity contribution in [2.75, 3.05) is 12.4 Å². The summed E-state index contributed by atoms with van der Waals surface area (Å²) in [7, 11) is 1.41. The molecular formula is C21H22N4O2S. The van der Waals surface area contributed by atoms with Crippen molar-refractivity contribution >= 4 is 33.3 Å². The van der Waals surface area contributed by atoms with E-state index < -0.39 is 0 Å². The van der Waals surface area contributed by atoms with Crippen LogP contribution in [0.1, 0.15) is 63.8 Å². The number of nitrogens with one attached hydrogen (secondary N) is 1. The van der Waals surface area contributed by atoms with E-state index in [9.17, 15) is 4.79 Å². The van der Waals surface area contributed by atoms with Crippen LogP contribution < -0.4 is 5.32 Å². The van der Waals surface area contributed by atoms with E-state index in [1.54, 1.807) is 17.7 Å². The summed E-state index contributed by atoms with van der Waals surface area (Å²) in [5.41, 5.74) is 3.78. The largest absolute Gasteiger partial charge is 0.465 e. The number of ether oxygens (including phenoxy) is 1. The van der Waals surface area contributed by atoms with E-state index in [1.165, 1.54) is 35.8 Å². The molecule has 7 heteroatoms. The number of anilines is 1. The van der Waals surface area contributed by atoms with Crippen LogP contribution in [-0.2, 0) is 24.1 Å². The molecule has 6 nitrogen and oxygen atoms in total. The number of aryl methyl sites for hydroxylation is 2. The number of thiophene rings is 1. The molecule has 2 aliphatic rings. The summed E-state index contributed by atoms with van der Waals surface area (Å²) in [6, 6.07) is 3.73. The van der Waals surface area contributed by atoms with Crippen molar-refractivity contribution in [3.05, 3.63) is 45.9 Å². The number of esters is 1. The van der Waals surface area contributed by atoms with Gasteiger partial charge in [-0.15, -0.1) is 11.3 Å². The Kier molecular flexibility index (Phi) is 4.47. The fourth-order valence-electron chi connectivity index (χ4n) is 3.96. The van der Waals surface area contributed by atoms with Gasteiger partial charge in [-0.05, 0) is 56.2 Å². The van der Waals surface area contributed by atoms with Crippen molar-refractivity contribution in [3.8, 4) is 0 Å². The van der Waals surface area contributed by atoms with Gasteiger partial charge in [-0.3, -0.25) is 4.98 Å². The van der Waals surface area contributed by atoms with Gasteiger partial charge in [-0.1, -0.05) is 0 Å². The number of methoxy groups -OCH3 is 1. The summed E-state index contributed by atoms with van der Waals surface area (Å²) >= 11 is 1.80. The third-order valence-electron chi connectivity index (χ3n) is 5.54. The third-order valence-corrected chi connectivity index (χ3v) is 6.74. The molecule has 0 saturated heterocycles. The predicted octanol–water partition coefficient (Wildman–Crippen LogP) is 4.24. The van der Waals surface area contributed by atoms with E-state index in [1.807, 2.05) is 12.1 Å². The van der Waals surface area contributed by atoms with Crippen LogP contribution in [0, 0.1) is 0 Å². The molecule has 1 saturated carbocycles. The van der Waals surface area contributed by atoms with E-state index in [-0.39, 0.29) is 5.97 Å². The highest BCUT2D eigenvalue weighted by atomic mass is 32.1. The van der Waals surface area contributed by atoms with E-state index in [4.69, 9.17) is 9.72 Å². The molecule has 0 amide bonds. The molecule has 0 atom stereocenters. The maximum atomic E-state index is 12.0. The van der Waals surface area contributed by atoms with Gasteiger partial charge < -0.3 is 10.1 Å². The average molecular weight is 395 g/mol. The second-order valence-electron chi connectivity index (χ2n) is 7.47. The van der Waals surface area contributed by atoms with Crippen molar-refractivity contribution in [2.45, 2.75) is 51.0 Å². The van der Waals surface area contributed by atoms with Crippen LogP contribution in [0.5, 0.6) is 0 Å². The first-order valence-electron chi connectivity index (χ1n) is 9.82. The van der Waals surface area contributed by atoms with Crippen molar-refractivity contribution < 1.29 is 9.53 Å². The molecule has 3 aromatic rings. The topological polar surface area (TPSA) is 77.0 Å². The quantitative estimate of drug-likeness (QED) is 0.652. The molecule has 0 spiro atoms. The van der Waals surface area contributed by atoms with Crippen LogP contribution in [0.25, 0.3) is 10.2 Å². The van der Waals surface area contributed by atoms with Crippen LogP contribution in [0.15, 0.2) is 18.5 Å². The average Bonchev–Trinajstić information content (AvgIpc) is 3.51. The van der Waals surface area contributed by atoms with Gasteiger partial charge in [-0.2, -0.15) is 0 Å². The van der Waals surface area contributed by atoms with Gasteiger partial charge in [0, 0.05) is 10.8 Å². The van der Waals surface area contributed by atoms with Crippen LogP contribution in [0.3, 0.4) is 0 Å². The Balaban J connectivity index is 1.43. The SMILES string of the molecule is COC(=O)c1ccc(CNc2ncnc3sc4c(c23)CCCC4)nc1C1CC1. The molecule has 28 heavy (non-hydrogen) atoms. The number of pyridine rings is 1. The van der Waals surface area contributed by atoms with Gasteiger partial charge in [-0.25, -0.2) is 14.8 Å². The van der Waals surface area contributed by atoms with Gasteiger partial charge in [0.2, 0.25) is 0 Å². The number of rotatable bonds is 5. The fourth-order valence-corrected chi connectivity index (χ4v) is 5.19. The second-order valence-corrected chi connectivity index (χ2v) is 8.55. The number of carbonyl (C=O) groups excluding carboxylic acids is 1. The summed E-state index contributed by atoms with van der Waals surface area (Å²) < 4.78 is 4.91. The minimum absolute atomic E-state index is 0.309. The summed E-state index contributed by atoms with van der Waals surface area (Å²) in [6.07, 6.45) is 8.55. The smallest absolute Gasteiger partial charge is 0.339 e. The molecule has 3 heterocycles. The highest BCUT2D eigenvalue weighted by Crippen LogP contribution is 2.41. The first-order chi connectivity index (χ1) is 13.7. The molecule has 144 valence electrons. The van der Waals surface area contributed by atoms with Crippen LogP contribution in [-0.4, -0.2) is 28.0 Å². The maximum Gasteiger partial charge on any atom is 0.339 e. The van der Waals surface area contributed by atoms with Gasteiger partial charge in [0.25, 0.3) is 0 Å². The number of aromatic nitrogens is 3. The van der Waals surface area contributed by atoms with E-state index >= 15 is 0 Å². The Labute approximate surface area is 167 Å². The number of hydrogen-bond donors (Lipinski definition) is 1. The molecule has 2 aliphatic carbocycles. The lowest BCUT2D eigenvalue weighted by atomic mass is 9.97. The Morgan fingerprint density at radius 3 is 2.93 bits per heavy atom. The molecular weight excluding hydrogens is 372 g/mol. The standard InChI is InChI=1S/C21H22N4O2S/c1-27-21(26)15-9-8-13(25-18(15)12-6-7-12)10-22-19-17-14-4-2-3-5-16(14)28-20(17)24-11-23-19/h8-9,11-12H,2-7,10H2,1H3,(H,22,23,24). The van der Waals surface area contributed by atoms with Gasteiger partial charge in [0.05, 0.1) is 36.0 Å². The zero-order valence-corrected chi connectivity index (χ0v) is 16.6. The molecule has 1 fully saturated rings. The zero-order valence-electron chi connectivity index (χ0n) is 15.8. The highest BCUT2D eigenvalue weighted by Gasteiger charge is 2.30. The lowest BCUT2D eigenvalue weighted by molar-refractivity contribution is 0.0598. The normalized spacial score (nSPS) is 16.0. The first kappa shape index (κ1) is 17.6. The van der Waals surface area contributed by atoms with Crippen LogP contribution in [0.4, 0.5) is 5.82 Å². The predicted molar refractivity (Wildman–Crippen MR) is 109 cm³/mol.